The van der Waals surface area contributed by atoms with E-state index in [4.69, 9.17) is 23.2 Å². The van der Waals surface area contributed by atoms with Crippen LogP contribution in [0.4, 0.5) is 0 Å². The van der Waals surface area contributed by atoms with Gasteiger partial charge in [0.15, 0.2) is 0 Å². The Labute approximate surface area is 129 Å². The Morgan fingerprint density at radius 1 is 1.30 bits per heavy atom. The quantitative estimate of drug-likeness (QED) is 0.889. The largest absolute Gasteiger partial charge is 0.311 e. The molecule has 6 heteroatoms. The standard InChI is InChI=1S/C14H18Cl2N4/c1-10(2)6-17-7-12-9-20(19-18-12)8-11-4-3-5-13(15)14(11)16/h3-5,9-10,17H,6-8H2,1-2H3. The van der Waals surface area contributed by atoms with Crippen LogP contribution < -0.4 is 5.32 Å². The molecule has 0 amide bonds. The van der Waals surface area contributed by atoms with Crippen molar-refractivity contribution in [1.29, 1.82) is 0 Å². The van der Waals surface area contributed by atoms with Crippen LogP contribution in [0.15, 0.2) is 24.4 Å². The molecular formula is C14H18Cl2N4. The van der Waals surface area contributed by atoms with Gasteiger partial charge in [0.05, 0.1) is 28.5 Å². The molecule has 0 bridgehead atoms. The molecule has 0 saturated heterocycles. The van der Waals surface area contributed by atoms with Crippen LogP contribution in [0.2, 0.25) is 10.0 Å². The highest BCUT2D eigenvalue weighted by molar-refractivity contribution is 6.42. The van der Waals surface area contributed by atoms with Gasteiger partial charge in [-0.15, -0.1) is 5.10 Å². The average Bonchev–Trinajstić information content (AvgIpc) is 2.82. The van der Waals surface area contributed by atoms with Crippen LogP contribution in [0, 0.1) is 5.92 Å². The van der Waals surface area contributed by atoms with E-state index in [2.05, 4.69) is 29.5 Å². The summed E-state index contributed by atoms with van der Waals surface area (Å²) < 4.78 is 1.77. The molecule has 0 fully saturated rings. The summed E-state index contributed by atoms with van der Waals surface area (Å²) in [6.07, 6.45) is 1.92. The van der Waals surface area contributed by atoms with E-state index in [0.717, 1.165) is 24.3 Å². The van der Waals surface area contributed by atoms with E-state index in [-0.39, 0.29) is 0 Å². The lowest BCUT2D eigenvalue weighted by Crippen LogP contribution is -2.19. The molecular weight excluding hydrogens is 295 g/mol. The number of halogens is 2. The third kappa shape index (κ3) is 4.20. The van der Waals surface area contributed by atoms with Crippen molar-refractivity contribution in [2.75, 3.05) is 6.54 Å². The van der Waals surface area contributed by atoms with Crippen molar-refractivity contribution >= 4 is 23.2 Å². The van der Waals surface area contributed by atoms with E-state index < -0.39 is 0 Å². The van der Waals surface area contributed by atoms with E-state index in [1.54, 1.807) is 10.7 Å². The van der Waals surface area contributed by atoms with Gasteiger partial charge in [-0.25, -0.2) is 4.68 Å². The summed E-state index contributed by atoms with van der Waals surface area (Å²) in [5, 5.41) is 12.7. The summed E-state index contributed by atoms with van der Waals surface area (Å²) in [4.78, 5) is 0. The molecule has 108 valence electrons. The zero-order chi connectivity index (χ0) is 14.5. The fourth-order valence-electron chi connectivity index (χ4n) is 1.83. The molecule has 0 aliphatic carbocycles. The van der Waals surface area contributed by atoms with Crippen LogP contribution >= 0.6 is 23.2 Å². The van der Waals surface area contributed by atoms with Gasteiger partial charge in [-0.05, 0) is 24.1 Å². The van der Waals surface area contributed by atoms with Crippen molar-refractivity contribution in [2.24, 2.45) is 5.92 Å². The summed E-state index contributed by atoms with van der Waals surface area (Å²) in [5.41, 5.74) is 1.86. The van der Waals surface area contributed by atoms with Gasteiger partial charge in [-0.1, -0.05) is 54.4 Å². The second-order valence-electron chi connectivity index (χ2n) is 5.15. The number of hydrogen-bond donors (Lipinski definition) is 1. The van der Waals surface area contributed by atoms with Crippen LogP contribution in [0.5, 0.6) is 0 Å². The number of aromatic nitrogens is 3. The van der Waals surface area contributed by atoms with Crippen LogP contribution in [0.3, 0.4) is 0 Å². The van der Waals surface area contributed by atoms with E-state index in [0.29, 0.717) is 22.5 Å². The van der Waals surface area contributed by atoms with Crippen molar-refractivity contribution in [3.8, 4) is 0 Å². The van der Waals surface area contributed by atoms with Crippen LogP contribution in [-0.4, -0.2) is 21.5 Å². The molecule has 0 aliphatic rings. The first-order chi connectivity index (χ1) is 9.56. The second-order valence-corrected chi connectivity index (χ2v) is 5.93. The lowest BCUT2D eigenvalue weighted by Gasteiger charge is -2.05. The van der Waals surface area contributed by atoms with E-state index in [9.17, 15) is 0 Å². The molecule has 2 rings (SSSR count). The molecule has 0 atom stereocenters. The highest BCUT2D eigenvalue weighted by Gasteiger charge is 2.07. The fraction of sp³-hybridized carbons (Fsp3) is 0.429. The maximum absolute atomic E-state index is 6.16. The second kappa shape index (κ2) is 7.07. The zero-order valence-corrected chi connectivity index (χ0v) is 13.1. The molecule has 1 heterocycles. The minimum absolute atomic E-state index is 0.558. The van der Waals surface area contributed by atoms with Crippen molar-refractivity contribution in [3.63, 3.8) is 0 Å². The van der Waals surface area contributed by atoms with Gasteiger partial charge >= 0.3 is 0 Å². The molecule has 0 radical (unpaired) electrons. The Balaban J connectivity index is 1.97. The maximum atomic E-state index is 6.16. The van der Waals surface area contributed by atoms with Gasteiger partial charge < -0.3 is 5.32 Å². The number of rotatable bonds is 6. The number of benzene rings is 1. The Kier molecular flexibility index (Phi) is 5.40. The summed E-state index contributed by atoms with van der Waals surface area (Å²) in [6.45, 7) is 6.60. The smallest absolute Gasteiger partial charge is 0.0964 e. The summed E-state index contributed by atoms with van der Waals surface area (Å²) in [6, 6.07) is 5.59. The van der Waals surface area contributed by atoms with Gasteiger partial charge in [0.1, 0.15) is 0 Å². The van der Waals surface area contributed by atoms with Crippen LogP contribution in [-0.2, 0) is 13.1 Å². The predicted octanol–water partition coefficient (Wildman–Crippen LogP) is 3.38. The molecule has 20 heavy (non-hydrogen) atoms. The molecule has 1 aromatic carbocycles. The molecule has 0 unspecified atom stereocenters. The molecule has 1 aromatic heterocycles. The van der Waals surface area contributed by atoms with Crippen molar-refractivity contribution in [1.82, 2.24) is 20.3 Å². The van der Waals surface area contributed by atoms with Crippen LogP contribution in [0.1, 0.15) is 25.1 Å². The minimum Gasteiger partial charge on any atom is -0.311 e. The molecule has 0 saturated carbocycles. The maximum Gasteiger partial charge on any atom is 0.0964 e. The Morgan fingerprint density at radius 2 is 2.10 bits per heavy atom. The van der Waals surface area contributed by atoms with Gasteiger partial charge in [0.25, 0.3) is 0 Å². The van der Waals surface area contributed by atoms with E-state index >= 15 is 0 Å². The van der Waals surface area contributed by atoms with E-state index in [1.165, 1.54) is 0 Å². The van der Waals surface area contributed by atoms with Crippen molar-refractivity contribution in [2.45, 2.75) is 26.9 Å². The highest BCUT2D eigenvalue weighted by Crippen LogP contribution is 2.25. The minimum atomic E-state index is 0.558. The monoisotopic (exact) mass is 312 g/mol. The highest BCUT2D eigenvalue weighted by atomic mass is 35.5. The molecule has 4 nitrogen and oxygen atoms in total. The van der Waals surface area contributed by atoms with Gasteiger partial charge in [-0.2, -0.15) is 0 Å². The molecule has 0 spiro atoms. The first-order valence-electron chi connectivity index (χ1n) is 6.59. The van der Waals surface area contributed by atoms with E-state index in [1.807, 2.05) is 18.3 Å². The lowest BCUT2D eigenvalue weighted by atomic mass is 10.2. The van der Waals surface area contributed by atoms with Gasteiger partial charge in [0, 0.05) is 6.54 Å². The molecule has 1 N–H and O–H groups in total. The summed E-state index contributed by atoms with van der Waals surface area (Å²) in [7, 11) is 0. The predicted molar refractivity (Wildman–Crippen MR) is 82.1 cm³/mol. The first kappa shape index (κ1) is 15.3. The van der Waals surface area contributed by atoms with Gasteiger partial charge in [-0.3, -0.25) is 0 Å². The first-order valence-corrected chi connectivity index (χ1v) is 7.34. The molecule has 0 aliphatic heterocycles. The van der Waals surface area contributed by atoms with Crippen LogP contribution in [0.25, 0.3) is 0 Å². The summed E-state index contributed by atoms with van der Waals surface area (Å²) in [5.74, 6) is 0.621. The Bertz CT molecular complexity index is 566. The topological polar surface area (TPSA) is 42.7 Å². The number of nitrogens with one attached hydrogen (secondary N) is 1. The fourth-order valence-corrected chi connectivity index (χ4v) is 2.21. The normalized spacial score (nSPS) is 11.2. The van der Waals surface area contributed by atoms with Crippen molar-refractivity contribution < 1.29 is 0 Å². The lowest BCUT2D eigenvalue weighted by molar-refractivity contribution is 0.548. The summed E-state index contributed by atoms with van der Waals surface area (Å²) >= 11 is 12.2. The Morgan fingerprint density at radius 3 is 2.85 bits per heavy atom. The third-order valence-corrected chi connectivity index (χ3v) is 3.67. The Hall–Kier alpha value is -1.10. The third-order valence-electron chi connectivity index (χ3n) is 2.81. The average molecular weight is 313 g/mol. The number of nitrogens with zero attached hydrogens (tertiary/aromatic N) is 3. The van der Waals surface area contributed by atoms with Crippen molar-refractivity contribution in [3.05, 3.63) is 45.7 Å². The SMILES string of the molecule is CC(C)CNCc1cn(Cc2cccc(Cl)c2Cl)nn1. The molecule has 2 aromatic rings. The van der Waals surface area contributed by atoms with Gasteiger partial charge in [0.2, 0.25) is 0 Å². The number of hydrogen-bond acceptors (Lipinski definition) is 3. The zero-order valence-electron chi connectivity index (χ0n) is 11.6.